The van der Waals surface area contributed by atoms with Gasteiger partial charge in [-0.1, -0.05) is 6.07 Å². The van der Waals surface area contributed by atoms with E-state index in [1.54, 1.807) is 0 Å². The number of carbonyl (C=O) groups excluding carboxylic acids is 1. The molecule has 1 amide bonds. The highest BCUT2D eigenvalue weighted by atomic mass is 32.2. The van der Waals surface area contributed by atoms with E-state index < -0.39 is 21.4 Å². The molecule has 0 atom stereocenters. The third-order valence-electron chi connectivity index (χ3n) is 2.51. The largest absolute Gasteiger partial charge is 0.534 e. The lowest BCUT2D eigenvalue weighted by Gasteiger charge is -2.14. The number of fused-ring (bicyclic) bond motifs is 1. The number of alkyl halides is 3. The van der Waals surface area contributed by atoms with E-state index in [1.165, 1.54) is 6.07 Å². The fourth-order valence-corrected chi connectivity index (χ4v) is 2.14. The molecule has 0 saturated heterocycles. The number of rotatable bonds is 3. The predicted molar refractivity (Wildman–Crippen MR) is 60.9 cm³/mol. The van der Waals surface area contributed by atoms with E-state index in [2.05, 4.69) is 9.50 Å². The smallest absolute Gasteiger partial charge is 0.491 e. The first-order valence-corrected chi connectivity index (χ1v) is 6.57. The summed E-state index contributed by atoms with van der Waals surface area (Å²) in [6.07, 6.45) is 0.0258. The number of carbonyl (C=O) groups is 1. The molecule has 0 fully saturated rings. The van der Waals surface area contributed by atoms with Crippen LogP contribution in [-0.2, 0) is 21.3 Å². The third kappa shape index (κ3) is 2.38. The van der Waals surface area contributed by atoms with E-state index in [-0.39, 0.29) is 23.8 Å². The molecule has 20 heavy (non-hydrogen) atoms. The first-order chi connectivity index (χ1) is 9.15. The van der Waals surface area contributed by atoms with Gasteiger partial charge in [0.1, 0.15) is 0 Å². The van der Waals surface area contributed by atoms with Crippen molar-refractivity contribution in [2.24, 2.45) is 0 Å². The summed E-state index contributed by atoms with van der Waals surface area (Å²) in [4.78, 5) is 11.2. The quantitative estimate of drug-likeness (QED) is 0.674. The SMILES string of the molecule is COc1c(OS(=O)(=O)C(F)(F)F)ccc2c1NC(=O)C2. The van der Waals surface area contributed by atoms with Crippen molar-refractivity contribution in [1.29, 1.82) is 0 Å². The highest BCUT2D eigenvalue weighted by Crippen LogP contribution is 2.42. The second-order valence-corrected chi connectivity index (χ2v) is 5.38. The zero-order chi connectivity index (χ0) is 15.1. The minimum Gasteiger partial charge on any atom is -0.491 e. The van der Waals surface area contributed by atoms with Crippen LogP contribution in [0.2, 0.25) is 0 Å². The van der Waals surface area contributed by atoms with Crippen molar-refractivity contribution in [2.75, 3.05) is 12.4 Å². The van der Waals surface area contributed by atoms with Gasteiger partial charge in [0.15, 0.2) is 11.5 Å². The van der Waals surface area contributed by atoms with Gasteiger partial charge in [0.05, 0.1) is 19.2 Å². The van der Waals surface area contributed by atoms with Gasteiger partial charge in [-0.3, -0.25) is 4.79 Å². The lowest BCUT2D eigenvalue weighted by Crippen LogP contribution is -2.28. The van der Waals surface area contributed by atoms with Gasteiger partial charge >= 0.3 is 15.6 Å². The number of hydrogen-bond acceptors (Lipinski definition) is 5. The van der Waals surface area contributed by atoms with Crippen molar-refractivity contribution < 1.29 is 35.3 Å². The summed E-state index contributed by atoms with van der Waals surface area (Å²) in [6.45, 7) is 0. The van der Waals surface area contributed by atoms with Crippen molar-refractivity contribution in [2.45, 2.75) is 11.9 Å². The Hall–Kier alpha value is -1.97. The van der Waals surface area contributed by atoms with E-state index in [4.69, 9.17) is 4.74 Å². The summed E-state index contributed by atoms with van der Waals surface area (Å²) in [5.41, 5.74) is -4.98. The number of ether oxygens (including phenoxy) is 1. The van der Waals surface area contributed by atoms with Gasteiger partial charge < -0.3 is 14.2 Å². The van der Waals surface area contributed by atoms with Crippen LogP contribution in [0.25, 0.3) is 0 Å². The number of nitrogens with one attached hydrogen (secondary N) is 1. The first-order valence-electron chi connectivity index (χ1n) is 5.16. The van der Waals surface area contributed by atoms with Crippen molar-refractivity contribution >= 4 is 21.7 Å². The lowest BCUT2D eigenvalue weighted by molar-refractivity contribution is -0.115. The third-order valence-corrected chi connectivity index (χ3v) is 3.48. The summed E-state index contributed by atoms with van der Waals surface area (Å²) in [5.74, 6) is -1.30. The maximum absolute atomic E-state index is 12.3. The van der Waals surface area contributed by atoms with Gasteiger partial charge in [-0.2, -0.15) is 21.6 Å². The van der Waals surface area contributed by atoms with Gasteiger partial charge in [-0.15, -0.1) is 0 Å². The van der Waals surface area contributed by atoms with Crippen LogP contribution < -0.4 is 14.2 Å². The number of hydrogen-bond donors (Lipinski definition) is 1. The molecule has 0 aromatic heterocycles. The molecule has 1 N–H and O–H groups in total. The standard InChI is InChI=1S/C10H8F3NO5S/c1-18-9-6(19-20(16,17)10(11,12)13)3-2-5-4-7(15)14-8(5)9/h2-3H,4H2,1H3,(H,14,15). The van der Waals surface area contributed by atoms with Crippen LogP contribution in [0.1, 0.15) is 5.56 Å². The minimum absolute atomic E-state index is 0.0258. The maximum atomic E-state index is 12.3. The Morgan fingerprint density at radius 3 is 2.50 bits per heavy atom. The number of methoxy groups -OCH3 is 1. The molecule has 0 radical (unpaired) electrons. The monoisotopic (exact) mass is 311 g/mol. The van der Waals surface area contributed by atoms with Crippen LogP contribution in [0.3, 0.4) is 0 Å². The molecule has 2 rings (SSSR count). The molecule has 0 saturated carbocycles. The Morgan fingerprint density at radius 1 is 1.30 bits per heavy atom. The Bertz CT molecular complexity index is 668. The van der Waals surface area contributed by atoms with E-state index in [9.17, 15) is 26.4 Å². The van der Waals surface area contributed by atoms with Gasteiger partial charge in [-0.25, -0.2) is 0 Å². The average Bonchev–Trinajstić information content (AvgIpc) is 2.67. The normalized spacial score (nSPS) is 14.7. The summed E-state index contributed by atoms with van der Waals surface area (Å²) in [7, 11) is -4.69. The summed E-state index contributed by atoms with van der Waals surface area (Å²) in [5, 5.41) is 2.36. The number of anilines is 1. The molecule has 0 unspecified atom stereocenters. The molecule has 1 heterocycles. The molecule has 0 aliphatic carbocycles. The van der Waals surface area contributed by atoms with Crippen LogP contribution >= 0.6 is 0 Å². The van der Waals surface area contributed by atoms with Gasteiger partial charge in [-0.05, 0) is 11.6 Å². The van der Waals surface area contributed by atoms with Crippen LogP contribution in [0.4, 0.5) is 18.9 Å². The van der Waals surface area contributed by atoms with Crippen molar-refractivity contribution in [3.05, 3.63) is 17.7 Å². The van der Waals surface area contributed by atoms with Gasteiger partial charge in [0.2, 0.25) is 5.91 Å². The molecule has 1 aliphatic rings. The summed E-state index contributed by atoms with van der Waals surface area (Å²) >= 11 is 0. The van der Waals surface area contributed by atoms with E-state index in [0.717, 1.165) is 13.2 Å². The fourth-order valence-electron chi connectivity index (χ4n) is 1.68. The molecule has 1 aromatic carbocycles. The van der Waals surface area contributed by atoms with Crippen LogP contribution in [0.15, 0.2) is 12.1 Å². The molecule has 10 heteroatoms. The molecular weight excluding hydrogens is 303 g/mol. The molecule has 1 aromatic rings. The van der Waals surface area contributed by atoms with Crippen LogP contribution in [-0.4, -0.2) is 26.9 Å². The average molecular weight is 311 g/mol. The predicted octanol–water partition coefficient (Wildman–Crippen LogP) is 1.42. The minimum atomic E-state index is -5.81. The summed E-state index contributed by atoms with van der Waals surface area (Å²) in [6, 6.07) is 2.29. The molecule has 110 valence electrons. The van der Waals surface area contributed by atoms with Crippen molar-refractivity contribution in [3.63, 3.8) is 0 Å². The second-order valence-electron chi connectivity index (χ2n) is 3.84. The van der Waals surface area contributed by atoms with E-state index in [0.29, 0.717) is 5.56 Å². The highest BCUT2D eigenvalue weighted by Gasteiger charge is 2.49. The van der Waals surface area contributed by atoms with Gasteiger partial charge in [0.25, 0.3) is 0 Å². The van der Waals surface area contributed by atoms with Crippen LogP contribution in [0, 0.1) is 0 Å². The zero-order valence-electron chi connectivity index (χ0n) is 9.95. The second kappa shape index (κ2) is 4.54. The highest BCUT2D eigenvalue weighted by molar-refractivity contribution is 7.88. The Balaban J connectivity index is 2.45. The summed E-state index contributed by atoms with van der Waals surface area (Å²) < 4.78 is 67.6. The van der Waals surface area contributed by atoms with Gasteiger partial charge in [0, 0.05) is 0 Å². The van der Waals surface area contributed by atoms with Crippen molar-refractivity contribution in [1.82, 2.24) is 0 Å². The van der Waals surface area contributed by atoms with Crippen molar-refractivity contribution in [3.8, 4) is 11.5 Å². The Morgan fingerprint density at radius 2 is 1.95 bits per heavy atom. The molecular formula is C10H8F3NO5S. The van der Waals surface area contributed by atoms with E-state index >= 15 is 0 Å². The Labute approximate surface area is 111 Å². The molecule has 0 bridgehead atoms. The molecule has 6 nitrogen and oxygen atoms in total. The number of halogens is 3. The lowest BCUT2D eigenvalue weighted by atomic mass is 10.1. The van der Waals surface area contributed by atoms with Crippen LogP contribution in [0.5, 0.6) is 11.5 Å². The zero-order valence-corrected chi connectivity index (χ0v) is 10.8. The fraction of sp³-hybridized carbons (Fsp3) is 0.300. The molecule has 0 spiro atoms. The number of benzene rings is 1. The number of amides is 1. The first kappa shape index (κ1) is 14.4. The molecule has 1 aliphatic heterocycles. The van der Waals surface area contributed by atoms with E-state index in [1.807, 2.05) is 0 Å². The maximum Gasteiger partial charge on any atom is 0.534 e. The Kier molecular flexibility index (Phi) is 3.28. The topological polar surface area (TPSA) is 81.7 Å².